The first kappa shape index (κ1) is 9.95. The lowest BCUT2D eigenvalue weighted by molar-refractivity contribution is 0.399. The van der Waals surface area contributed by atoms with Gasteiger partial charge in [0.15, 0.2) is 0 Å². The van der Waals surface area contributed by atoms with Gasteiger partial charge in [-0.15, -0.1) is 0 Å². The molecule has 0 aliphatic carbocycles. The second-order valence-electron chi connectivity index (χ2n) is 3.18. The van der Waals surface area contributed by atoms with Gasteiger partial charge in [-0.1, -0.05) is 12.1 Å². The van der Waals surface area contributed by atoms with Gasteiger partial charge in [-0.2, -0.15) is 0 Å². The van der Waals surface area contributed by atoms with Crippen molar-refractivity contribution in [1.29, 1.82) is 0 Å². The monoisotopic (exact) mass is 203 g/mol. The highest BCUT2D eigenvalue weighted by atomic mass is 16.5. The maximum atomic E-state index is 9.01. The molecule has 0 fully saturated rings. The molecule has 0 saturated heterocycles. The number of hydrogen-bond donors (Lipinski definition) is 2. The topological polar surface area (TPSA) is 62.6 Å². The molecular formula is C10H10BNO3. The van der Waals surface area contributed by atoms with Crippen LogP contribution in [-0.2, 0) is 0 Å². The van der Waals surface area contributed by atoms with Crippen molar-refractivity contribution in [1.82, 2.24) is 4.98 Å². The van der Waals surface area contributed by atoms with Gasteiger partial charge in [-0.05, 0) is 17.6 Å². The summed E-state index contributed by atoms with van der Waals surface area (Å²) in [5, 5.41) is 18.9. The molecule has 1 heterocycles. The van der Waals surface area contributed by atoms with Crippen LogP contribution in [0.1, 0.15) is 0 Å². The van der Waals surface area contributed by atoms with Crippen molar-refractivity contribution < 1.29 is 14.8 Å². The number of methoxy groups -OCH3 is 1. The van der Waals surface area contributed by atoms with Crippen LogP contribution in [0.2, 0.25) is 0 Å². The van der Waals surface area contributed by atoms with E-state index in [4.69, 9.17) is 14.8 Å². The number of nitrogens with zero attached hydrogens (tertiary/aromatic N) is 1. The SMILES string of the molecule is COc1ccc2ccc(B(O)O)cc2n1. The Hall–Kier alpha value is -1.59. The van der Waals surface area contributed by atoms with E-state index < -0.39 is 7.12 Å². The molecule has 0 spiro atoms. The lowest BCUT2D eigenvalue weighted by Crippen LogP contribution is -2.29. The molecule has 0 unspecified atom stereocenters. The van der Waals surface area contributed by atoms with Gasteiger partial charge < -0.3 is 14.8 Å². The molecule has 1 aromatic carbocycles. The van der Waals surface area contributed by atoms with E-state index in [1.54, 1.807) is 31.4 Å². The van der Waals surface area contributed by atoms with Crippen molar-refractivity contribution in [3.8, 4) is 5.88 Å². The molecule has 0 amide bonds. The highest BCUT2D eigenvalue weighted by Crippen LogP contribution is 2.14. The Bertz CT molecular complexity index is 487. The molecule has 0 aliphatic heterocycles. The zero-order valence-corrected chi connectivity index (χ0v) is 8.21. The summed E-state index contributed by atoms with van der Waals surface area (Å²) < 4.78 is 4.99. The standard InChI is InChI=1S/C10H10BNO3/c1-15-10-5-3-7-2-4-8(11(13)14)6-9(7)12-10/h2-6,13-14H,1H3. The third-order valence-corrected chi connectivity index (χ3v) is 2.20. The average molecular weight is 203 g/mol. The van der Waals surface area contributed by atoms with Crippen LogP contribution < -0.4 is 10.2 Å². The Morgan fingerprint density at radius 2 is 1.93 bits per heavy atom. The quantitative estimate of drug-likeness (QED) is 0.670. The van der Waals surface area contributed by atoms with Crippen LogP contribution in [0.5, 0.6) is 5.88 Å². The fraction of sp³-hybridized carbons (Fsp3) is 0.100. The number of rotatable bonds is 2. The Morgan fingerprint density at radius 1 is 1.20 bits per heavy atom. The van der Waals surface area contributed by atoms with E-state index in [-0.39, 0.29) is 0 Å². The lowest BCUT2D eigenvalue weighted by atomic mass is 9.80. The highest BCUT2D eigenvalue weighted by molar-refractivity contribution is 6.58. The number of benzene rings is 1. The number of ether oxygens (including phenoxy) is 1. The summed E-state index contributed by atoms with van der Waals surface area (Å²) in [5.41, 5.74) is 1.10. The summed E-state index contributed by atoms with van der Waals surface area (Å²) in [4.78, 5) is 4.19. The number of hydrogen-bond acceptors (Lipinski definition) is 4. The van der Waals surface area contributed by atoms with E-state index in [1.807, 2.05) is 6.07 Å². The third-order valence-electron chi connectivity index (χ3n) is 2.20. The van der Waals surface area contributed by atoms with Crippen molar-refractivity contribution in [3.63, 3.8) is 0 Å². The van der Waals surface area contributed by atoms with Gasteiger partial charge >= 0.3 is 7.12 Å². The molecule has 76 valence electrons. The van der Waals surface area contributed by atoms with Crippen molar-refractivity contribution in [2.24, 2.45) is 0 Å². The molecule has 15 heavy (non-hydrogen) atoms. The minimum Gasteiger partial charge on any atom is -0.481 e. The molecule has 0 bridgehead atoms. The van der Waals surface area contributed by atoms with E-state index in [1.165, 1.54) is 0 Å². The smallest absolute Gasteiger partial charge is 0.481 e. The first-order chi connectivity index (χ1) is 7.20. The van der Waals surface area contributed by atoms with Gasteiger partial charge in [-0.25, -0.2) is 4.98 Å². The Labute approximate surface area is 87.3 Å². The molecule has 2 rings (SSSR count). The van der Waals surface area contributed by atoms with Gasteiger partial charge in [0.25, 0.3) is 0 Å². The molecule has 0 radical (unpaired) electrons. The summed E-state index contributed by atoms with van der Waals surface area (Å²) in [6.07, 6.45) is 0. The van der Waals surface area contributed by atoms with Crippen LogP contribution >= 0.6 is 0 Å². The molecule has 0 atom stereocenters. The molecule has 5 heteroatoms. The fourth-order valence-electron chi connectivity index (χ4n) is 1.39. The summed E-state index contributed by atoms with van der Waals surface area (Å²) >= 11 is 0. The number of aromatic nitrogens is 1. The summed E-state index contributed by atoms with van der Waals surface area (Å²) in [6, 6.07) is 8.70. The molecule has 0 saturated carbocycles. The van der Waals surface area contributed by atoms with Crippen LogP contribution in [0.4, 0.5) is 0 Å². The minimum atomic E-state index is -1.47. The second kappa shape index (κ2) is 3.88. The van der Waals surface area contributed by atoms with Gasteiger partial charge in [0, 0.05) is 11.5 Å². The predicted octanol–water partition coefficient (Wildman–Crippen LogP) is -0.0768. The van der Waals surface area contributed by atoms with Gasteiger partial charge in [-0.3, -0.25) is 0 Å². The summed E-state index contributed by atoms with van der Waals surface area (Å²) in [5.74, 6) is 0.507. The summed E-state index contributed by atoms with van der Waals surface area (Å²) in [7, 11) is 0.0706. The zero-order valence-electron chi connectivity index (χ0n) is 8.21. The van der Waals surface area contributed by atoms with Gasteiger partial charge in [0.05, 0.1) is 12.6 Å². The minimum absolute atomic E-state index is 0.420. The molecule has 1 aromatic heterocycles. The maximum Gasteiger partial charge on any atom is 0.488 e. The van der Waals surface area contributed by atoms with Crippen LogP contribution in [0.25, 0.3) is 10.9 Å². The first-order valence-corrected chi connectivity index (χ1v) is 4.51. The van der Waals surface area contributed by atoms with E-state index in [0.717, 1.165) is 5.39 Å². The fourth-order valence-corrected chi connectivity index (χ4v) is 1.39. The summed E-state index contributed by atoms with van der Waals surface area (Å²) in [6.45, 7) is 0. The van der Waals surface area contributed by atoms with Crippen molar-refractivity contribution in [2.75, 3.05) is 7.11 Å². The van der Waals surface area contributed by atoms with Crippen LogP contribution in [0.3, 0.4) is 0 Å². The molecule has 0 aliphatic rings. The predicted molar refractivity (Wildman–Crippen MR) is 58.1 cm³/mol. The van der Waals surface area contributed by atoms with E-state index >= 15 is 0 Å². The second-order valence-corrected chi connectivity index (χ2v) is 3.18. The van der Waals surface area contributed by atoms with Crippen molar-refractivity contribution >= 4 is 23.5 Å². The van der Waals surface area contributed by atoms with E-state index in [9.17, 15) is 0 Å². The molecule has 2 N–H and O–H groups in total. The molecular weight excluding hydrogens is 193 g/mol. The zero-order chi connectivity index (χ0) is 10.8. The van der Waals surface area contributed by atoms with Gasteiger partial charge in [0.1, 0.15) is 0 Å². The van der Waals surface area contributed by atoms with Crippen LogP contribution in [-0.4, -0.2) is 29.3 Å². The number of fused-ring (bicyclic) bond motifs is 1. The Kier molecular flexibility index (Phi) is 2.57. The van der Waals surface area contributed by atoms with E-state index in [0.29, 0.717) is 16.9 Å². The van der Waals surface area contributed by atoms with Gasteiger partial charge in [0.2, 0.25) is 5.88 Å². The molecule has 2 aromatic rings. The normalized spacial score (nSPS) is 10.3. The van der Waals surface area contributed by atoms with E-state index in [2.05, 4.69) is 4.98 Å². The highest BCUT2D eigenvalue weighted by Gasteiger charge is 2.11. The number of pyridine rings is 1. The first-order valence-electron chi connectivity index (χ1n) is 4.51. The molecule has 4 nitrogen and oxygen atoms in total. The largest absolute Gasteiger partial charge is 0.488 e. The Balaban J connectivity index is 2.57. The van der Waals surface area contributed by atoms with Crippen molar-refractivity contribution in [3.05, 3.63) is 30.3 Å². The maximum absolute atomic E-state index is 9.01. The average Bonchev–Trinajstić information content (AvgIpc) is 2.27. The Morgan fingerprint density at radius 3 is 2.60 bits per heavy atom. The van der Waals surface area contributed by atoms with Crippen LogP contribution in [0, 0.1) is 0 Å². The third kappa shape index (κ3) is 1.93. The lowest BCUT2D eigenvalue weighted by Gasteiger charge is -2.03. The van der Waals surface area contributed by atoms with Crippen molar-refractivity contribution in [2.45, 2.75) is 0 Å². The van der Waals surface area contributed by atoms with Crippen LogP contribution in [0.15, 0.2) is 30.3 Å².